The van der Waals surface area contributed by atoms with Crippen molar-refractivity contribution in [2.75, 3.05) is 0 Å². The lowest BCUT2D eigenvalue weighted by Crippen LogP contribution is -2.37. The second kappa shape index (κ2) is 27.0. The van der Waals surface area contributed by atoms with E-state index in [0.717, 1.165) is 6.54 Å². The zero-order valence-electron chi connectivity index (χ0n) is 28.4. The van der Waals surface area contributed by atoms with Crippen molar-refractivity contribution in [2.45, 2.75) is 200 Å². The lowest BCUT2D eigenvalue weighted by molar-refractivity contribution is -0.704. The van der Waals surface area contributed by atoms with E-state index in [1.807, 2.05) is 0 Å². The van der Waals surface area contributed by atoms with E-state index in [2.05, 4.69) is 65.7 Å². The molecule has 2 nitrogen and oxygen atoms in total. The van der Waals surface area contributed by atoms with Crippen LogP contribution < -0.4 is 4.57 Å². The molecule has 0 unspecified atom stereocenters. The predicted octanol–water partition coefficient (Wildman–Crippen LogP) is 12.4. The van der Waals surface area contributed by atoms with E-state index in [4.69, 9.17) is 0 Å². The van der Waals surface area contributed by atoms with Gasteiger partial charge in [-0.1, -0.05) is 179 Å². The van der Waals surface area contributed by atoms with Crippen LogP contribution in [0.4, 0.5) is 0 Å². The zero-order chi connectivity index (χ0) is 29.8. The van der Waals surface area contributed by atoms with Crippen molar-refractivity contribution in [3.05, 3.63) is 54.1 Å². The Balaban J connectivity index is 1.63. The van der Waals surface area contributed by atoms with E-state index in [9.17, 15) is 0 Å². The number of imidazole rings is 1. The van der Waals surface area contributed by atoms with Gasteiger partial charge in [0.05, 0.1) is 13.1 Å². The second-order valence-electron chi connectivity index (χ2n) is 13.2. The quantitative estimate of drug-likeness (QED) is 0.0643. The molecule has 0 amide bonds. The van der Waals surface area contributed by atoms with Crippen molar-refractivity contribution in [3.8, 4) is 0 Å². The molecule has 0 aliphatic heterocycles. The summed E-state index contributed by atoms with van der Waals surface area (Å²) in [6.45, 7) is 6.97. The fourth-order valence-electron chi connectivity index (χ4n) is 6.54. The van der Waals surface area contributed by atoms with E-state index in [1.165, 1.54) is 185 Å². The van der Waals surface area contributed by atoms with Crippen molar-refractivity contribution < 1.29 is 4.57 Å². The molecule has 2 aromatic rings. The van der Waals surface area contributed by atoms with Crippen molar-refractivity contribution >= 4 is 0 Å². The summed E-state index contributed by atoms with van der Waals surface area (Å²) in [6, 6.07) is 11.0. The number of unbranched alkanes of at least 4 members (excludes halogenated alkanes) is 22. The summed E-state index contributed by atoms with van der Waals surface area (Å²) in [4.78, 5) is 0. The van der Waals surface area contributed by atoms with E-state index < -0.39 is 0 Å². The first kappa shape index (κ1) is 36.6. The maximum atomic E-state index is 2.61. The van der Waals surface area contributed by atoms with Crippen LogP contribution in [0.25, 0.3) is 0 Å². The Morgan fingerprint density at radius 3 is 1.43 bits per heavy atom. The number of aromatic nitrogens is 2. The number of nitrogens with zero attached hydrogens (tertiary/aromatic N) is 2. The zero-order valence-corrected chi connectivity index (χ0v) is 28.4. The molecule has 0 radical (unpaired) electrons. The minimum Gasteiger partial charge on any atom is -0.234 e. The highest BCUT2D eigenvalue weighted by molar-refractivity contribution is 5.14. The van der Waals surface area contributed by atoms with Crippen LogP contribution >= 0.6 is 0 Å². The van der Waals surface area contributed by atoms with E-state index in [-0.39, 0.29) is 0 Å². The van der Waals surface area contributed by atoms with Gasteiger partial charge in [0, 0.05) is 6.42 Å². The van der Waals surface area contributed by atoms with Gasteiger partial charge in [0.15, 0.2) is 0 Å². The molecule has 0 bridgehead atoms. The van der Waals surface area contributed by atoms with Crippen molar-refractivity contribution in [2.24, 2.45) is 0 Å². The monoisotopic (exact) mass is 580 g/mol. The molecule has 1 aromatic heterocycles. The summed E-state index contributed by atoms with van der Waals surface area (Å²) in [5.41, 5.74) is 1.47. The predicted molar refractivity (Wildman–Crippen MR) is 185 cm³/mol. The molecule has 42 heavy (non-hydrogen) atoms. The number of hydrogen-bond donors (Lipinski definition) is 0. The molecule has 1 aromatic carbocycles. The lowest BCUT2D eigenvalue weighted by Gasteiger charge is -2.07. The molecular weight excluding hydrogens is 508 g/mol. The molecule has 0 saturated heterocycles. The first-order valence-corrected chi connectivity index (χ1v) is 19.0. The molecule has 1 heterocycles. The molecule has 240 valence electrons. The molecular formula is C40H71N2+. The average molecular weight is 580 g/mol. The van der Waals surface area contributed by atoms with Crippen LogP contribution in [-0.4, -0.2) is 4.57 Å². The number of benzene rings is 1. The molecule has 0 spiro atoms. The van der Waals surface area contributed by atoms with Crippen LogP contribution in [-0.2, 0) is 25.9 Å². The SMILES string of the molecule is CCCCCCCCCCCCCCCCn1cc[n+](CCCc2ccccc2)c1CCCCCCCCCCCC. The molecule has 2 heteroatoms. The Bertz CT molecular complexity index is 823. The summed E-state index contributed by atoms with van der Waals surface area (Å²) >= 11 is 0. The molecule has 0 saturated carbocycles. The van der Waals surface area contributed by atoms with Gasteiger partial charge in [-0.15, -0.1) is 0 Å². The summed E-state index contributed by atoms with van der Waals surface area (Å²) in [6.07, 6.45) is 42.6. The Hall–Kier alpha value is -1.57. The van der Waals surface area contributed by atoms with Gasteiger partial charge in [-0.3, -0.25) is 0 Å². The fourth-order valence-corrected chi connectivity index (χ4v) is 6.54. The average Bonchev–Trinajstić information content (AvgIpc) is 3.39. The van der Waals surface area contributed by atoms with Crippen LogP contribution in [0.15, 0.2) is 42.7 Å². The summed E-state index contributed by atoms with van der Waals surface area (Å²) in [5.74, 6) is 1.58. The Morgan fingerprint density at radius 1 is 0.476 bits per heavy atom. The fraction of sp³-hybridized carbons (Fsp3) is 0.775. The first-order valence-electron chi connectivity index (χ1n) is 19.0. The van der Waals surface area contributed by atoms with Gasteiger partial charge < -0.3 is 0 Å². The summed E-state index contributed by atoms with van der Waals surface area (Å²) in [7, 11) is 0. The first-order chi connectivity index (χ1) is 20.8. The Kier molecular flexibility index (Phi) is 23.6. The summed E-state index contributed by atoms with van der Waals surface area (Å²) < 4.78 is 5.19. The Morgan fingerprint density at radius 2 is 0.929 bits per heavy atom. The lowest BCUT2D eigenvalue weighted by atomic mass is 10.0. The van der Waals surface area contributed by atoms with Gasteiger partial charge in [0.1, 0.15) is 12.4 Å². The van der Waals surface area contributed by atoms with Gasteiger partial charge >= 0.3 is 0 Å². The molecule has 0 aliphatic rings. The minimum absolute atomic E-state index is 1.15. The minimum atomic E-state index is 1.15. The molecule has 2 rings (SSSR count). The normalized spacial score (nSPS) is 11.5. The van der Waals surface area contributed by atoms with Gasteiger partial charge in [-0.2, -0.15) is 0 Å². The van der Waals surface area contributed by atoms with Crippen LogP contribution in [0.2, 0.25) is 0 Å². The maximum absolute atomic E-state index is 2.61. The number of hydrogen-bond acceptors (Lipinski definition) is 0. The topological polar surface area (TPSA) is 8.81 Å². The van der Waals surface area contributed by atoms with E-state index in [1.54, 1.807) is 5.82 Å². The van der Waals surface area contributed by atoms with Crippen LogP contribution in [0.1, 0.15) is 186 Å². The largest absolute Gasteiger partial charge is 0.256 e. The van der Waals surface area contributed by atoms with Gasteiger partial charge in [-0.05, 0) is 37.7 Å². The van der Waals surface area contributed by atoms with Crippen LogP contribution in [0.3, 0.4) is 0 Å². The van der Waals surface area contributed by atoms with Gasteiger partial charge in [0.25, 0.3) is 5.82 Å². The third-order valence-corrected chi connectivity index (χ3v) is 9.30. The van der Waals surface area contributed by atoms with E-state index >= 15 is 0 Å². The van der Waals surface area contributed by atoms with Crippen LogP contribution in [0, 0.1) is 0 Å². The van der Waals surface area contributed by atoms with Gasteiger partial charge in [-0.25, -0.2) is 9.13 Å². The maximum Gasteiger partial charge on any atom is 0.256 e. The highest BCUT2D eigenvalue weighted by Crippen LogP contribution is 2.15. The van der Waals surface area contributed by atoms with Crippen molar-refractivity contribution in [3.63, 3.8) is 0 Å². The standard InChI is InChI=1S/C40H71N2/c1-3-5-7-9-11-13-15-16-17-18-20-22-24-29-35-41-37-38-42(36-30-33-39-31-26-25-27-32-39)40(41)34-28-23-21-19-14-12-10-8-6-4-2/h25-27,31-32,37-38H,3-24,28-30,33-36H2,1-2H3/q+1. The van der Waals surface area contributed by atoms with Crippen molar-refractivity contribution in [1.82, 2.24) is 4.57 Å². The molecule has 0 atom stereocenters. The smallest absolute Gasteiger partial charge is 0.234 e. The second-order valence-corrected chi connectivity index (χ2v) is 13.2. The molecule has 0 N–H and O–H groups in total. The third kappa shape index (κ3) is 18.9. The Labute approximate surface area is 263 Å². The summed E-state index contributed by atoms with van der Waals surface area (Å²) in [5, 5.41) is 0. The van der Waals surface area contributed by atoms with Crippen molar-refractivity contribution in [1.29, 1.82) is 0 Å². The number of rotatable bonds is 30. The van der Waals surface area contributed by atoms with Crippen LogP contribution in [0.5, 0.6) is 0 Å². The third-order valence-electron chi connectivity index (χ3n) is 9.30. The number of aryl methyl sites for hydroxylation is 3. The highest BCUT2D eigenvalue weighted by atomic mass is 15.1. The molecule has 0 fully saturated rings. The van der Waals surface area contributed by atoms with Gasteiger partial charge in [0.2, 0.25) is 0 Å². The highest BCUT2D eigenvalue weighted by Gasteiger charge is 2.16. The molecule has 0 aliphatic carbocycles. The van der Waals surface area contributed by atoms with E-state index in [0.29, 0.717) is 0 Å².